The van der Waals surface area contributed by atoms with Crippen LogP contribution < -0.4 is 4.90 Å². The molecular weight excluding hydrogens is 420 g/mol. The standard InChI is InChI=1S/C22H22N2O4S2/c1-2-14-24(22-23-18-10-6-7-11-20(18)29-22)21(25)19-13-12-16(28-19)15-30(26,27)17-8-4-3-5-9-17/h2-5,8-9,12-13H,1,6-7,10-11,14-15H2. The molecule has 1 aromatic carbocycles. The third kappa shape index (κ3) is 4.24. The number of thiazole rings is 1. The van der Waals surface area contributed by atoms with Crippen LogP contribution in [0.3, 0.4) is 0 Å². The largest absolute Gasteiger partial charge is 0.455 e. The molecule has 1 aliphatic rings. The molecular formula is C22H22N2O4S2. The summed E-state index contributed by atoms with van der Waals surface area (Å²) in [4.78, 5) is 20.7. The van der Waals surface area contributed by atoms with E-state index >= 15 is 0 Å². The van der Waals surface area contributed by atoms with Gasteiger partial charge in [-0.2, -0.15) is 0 Å². The summed E-state index contributed by atoms with van der Waals surface area (Å²) in [7, 11) is -3.56. The number of amides is 1. The molecule has 0 saturated carbocycles. The fourth-order valence-corrected chi connectivity index (χ4v) is 5.86. The van der Waals surface area contributed by atoms with Crippen molar-refractivity contribution >= 4 is 32.2 Å². The van der Waals surface area contributed by atoms with E-state index in [0.29, 0.717) is 11.7 Å². The highest BCUT2D eigenvalue weighted by Crippen LogP contribution is 2.32. The normalized spacial score (nSPS) is 13.6. The van der Waals surface area contributed by atoms with E-state index in [0.717, 1.165) is 31.4 Å². The first-order valence-electron chi connectivity index (χ1n) is 9.76. The van der Waals surface area contributed by atoms with Crippen LogP contribution in [-0.4, -0.2) is 25.9 Å². The minimum absolute atomic E-state index is 0.0864. The molecule has 30 heavy (non-hydrogen) atoms. The van der Waals surface area contributed by atoms with Gasteiger partial charge in [-0.3, -0.25) is 9.69 Å². The Kier molecular flexibility index (Phi) is 5.87. The number of anilines is 1. The summed E-state index contributed by atoms with van der Waals surface area (Å²) < 4.78 is 30.8. The van der Waals surface area contributed by atoms with Crippen molar-refractivity contribution in [2.45, 2.75) is 36.3 Å². The number of hydrogen-bond acceptors (Lipinski definition) is 6. The second-order valence-corrected chi connectivity index (χ2v) is 10.2. The Morgan fingerprint density at radius 3 is 2.67 bits per heavy atom. The minimum Gasteiger partial charge on any atom is -0.455 e. The molecule has 0 radical (unpaired) electrons. The third-order valence-corrected chi connectivity index (χ3v) is 7.76. The lowest BCUT2D eigenvalue weighted by Crippen LogP contribution is -2.30. The maximum absolute atomic E-state index is 13.1. The van der Waals surface area contributed by atoms with Crippen LogP contribution in [0.1, 0.15) is 39.7 Å². The molecule has 0 unspecified atom stereocenters. The number of furan rings is 1. The molecule has 3 aromatic rings. The number of benzene rings is 1. The monoisotopic (exact) mass is 442 g/mol. The molecule has 1 aliphatic carbocycles. The third-order valence-electron chi connectivity index (χ3n) is 4.93. The van der Waals surface area contributed by atoms with Crippen LogP contribution in [0.15, 0.2) is 64.4 Å². The summed E-state index contributed by atoms with van der Waals surface area (Å²) in [6, 6.07) is 11.2. The van der Waals surface area contributed by atoms with Crippen molar-refractivity contribution in [3.05, 3.63) is 77.2 Å². The minimum atomic E-state index is -3.56. The zero-order chi connectivity index (χ0) is 21.1. The highest BCUT2D eigenvalue weighted by atomic mass is 32.2. The molecule has 6 nitrogen and oxygen atoms in total. The van der Waals surface area contributed by atoms with E-state index in [1.807, 2.05) is 0 Å². The lowest BCUT2D eigenvalue weighted by Gasteiger charge is -2.16. The van der Waals surface area contributed by atoms with E-state index < -0.39 is 9.84 Å². The Morgan fingerprint density at radius 2 is 1.93 bits per heavy atom. The van der Waals surface area contributed by atoms with Crippen LogP contribution in [0.25, 0.3) is 0 Å². The fraction of sp³-hybridized carbons (Fsp3) is 0.273. The Balaban J connectivity index is 1.56. The molecule has 0 N–H and O–H groups in total. The van der Waals surface area contributed by atoms with E-state index in [-0.39, 0.29) is 28.1 Å². The molecule has 0 bridgehead atoms. The topological polar surface area (TPSA) is 80.5 Å². The van der Waals surface area contributed by atoms with Crippen molar-refractivity contribution < 1.29 is 17.6 Å². The predicted molar refractivity (Wildman–Crippen MR) is 117 cm³/mol. The van der Waals surface area contributed by atoms with Crippen molar-refractivity contribution in [2.24, 2.45) is 0 Å². The van der Waals surface area contributed by atoms with Gasteiger partial charge in [-0.1, -0.05) is 24.3 Å². The first-order chi connectivity index (χ1) is 14.5. The number of sulfone groups is 1. The van der Waals surface area contributed by atoms with Gasteiger partial charge in [0.25, 0.3) is 5.91 Å². The summed E-state index contributed by atoms with van der Waals surface area (Å²) in [6.45, 7) is 4.04. The zero-order valence-corrected chi connectivity index (χ0v) is 18.0. The van der Waals surface area contributed by atoms with Gasteiger partial charge in [0.15, 0.2) is 20.7 Å². The molecule has 0 aliphatic heterocycles. The summed E-state index contributed by atoms with van der Waals surface area (Å²) in [5.41, 5.74) is 1.07. The lowest BCUT2D eigenvalue weighted by molar-refractivity contribution is 0.0961. The van der Waals surface area contributed by atoms with E-state index in [4.69, 9.17) is 4.42 Å². The number of hydrogen-bond donors (Lipinski definition) is 0. The summed E-state index contributed by atoms with van der Waals surface area (Å²) >= 11 is 1.53. The second kappa shape index (κ2) is 8.57. The van der Waals surface area contributed by atoms with Gasteiger partial charge in [0.1, 0.15) is 11.5 Å². The van der Waals surface area contributed by atoms with Crippen LogP contribution >= 0.6 is 11.3 Å². The Morgan fingerprint density at radius 1 is 1.17 bits per heavy atom. The van der Waals surface area contributed by atoms with Gasteiger partial charge >= 0.3 is 0 Å². The van der Waals surface area contributed by atoms with Gasteiger partial charge in [-0.15, -0.1) is 17.9 Å². The van der Waals surface area contributed by atoms with Crippen LogP contribution in [0.5, 0.6) is 0 Å². The summed E-state index contributed by atoms with van der Waals surface area (Å²) in [6.07, 6.45) is 5.82. The van der Waals surface area contributed by atoms with Crippen molar-refractivity contribution in [3.63, 3.8) is 0 Å². The molecule has 0 spiro atoms. The van der Waals surface area contributed by atoms with E-state index in [1.165, 1.54) is 33.2 Å². The van der Waals surface area contributed by atoms with Gasteiger partial charge in [-0.25, -0.2) is 13.4 Å². The average Bonchev–Trinajstić information content (AvgIpc) is 3.38. The molecule has 156 valence electrons. The molecule has 2 heterocycles. The Bertz CT molecular complexity index is 1140. The van der Waals surface area contributed by atoms with Crippen LogP contribution in [0.2, 0.25) is 0 Å². The maximum atomic E-state index is 13.1. The van der Waals surface area contributed by atoms with Crippen LogP contribution in [0.4, 0.5) is 5.13 Å². The molecule has 8 heteroatoms. The van der Waals surface area contributed by atoms with Gasteiger partial charge < -0.3 is 4.42 Å². The fourth-order valence-electron chi connectivity index (χ4n) is 3.43. The predicted octanol–water partition coefficient (Wildman–Crippen LogP) is 4.42. The number of carbonyl (C=O) groups is 1. The number of nitrogens with zero attached hydrogens (tertiary/aromatic N) is 2. The number of fused-ring (bicyclic) bond motifs is 1. The molecule has 0 fully saturated rings. The SMILES string of the molecule is C=CCN(C(=O)c1ccc(CS(=O)(=O)c2ccccc2)o1)c1nc2c(s1)CCCC2. The summed E-state index contributed by atoms with van der Waals surface area (Å²) in [5, 5.41) is 0.627. The van der Waals surface area contributed by atoms with Gasteiger partial charge in [0.05, 0.1) is 10.6 Å². The van der Waals surface area contributed by atoms with E-state index in [2.05, 4.69) is 11.6 Å². The van der Waals surface area contributed by atoms with Crippen molar-refractivity contribution in [1.82, 2.24) is 4.98 Å². The number of rotatable bonds is 7. The molecule has 2 aromatic heterocycles. The number of aryl methyl sites for hydroxylation is 2. The molecule has 1 amide bonds. The van der Waals surface area contributed by atoms with Gasteiger partial charge in [0.2, 0.25) is 0 Å². The Hall–Kier alpha value is -2.71. The average molecular weight is 443 g/mol. The van der Waals surface area contributed by atoms with E-state index in [1.54, 1.807) is 36.4 Å². The van der Waals surface area contributed by atoms with Gasteiger partial charge in [0, 0.05) is 11.4 Å². The van der Waals surface area contributed by atoms with E-state index in [9.17, 15) is 13.2 Å². The summed E-state index contributed by atoms with van der Waals surface area (Å²) in [5.74, 6) is -0.357. The second-order valence-electron chi connectivity index (χ2n) is 7.12. The molecule has 0 atom stereocenters. The maximum Gasteiger partial charge on any atom is 0.296 e. The zero-order valence-electron chi connectivity index (χ0n) is 16.4. The van der Waals surface area contributed by atoms with Crippen LogP contribution in [-0.2, 0) is 28.4 Å². The van der Waals surface area contributed by atoms with Crippen LogP contribution in [0, 0.1) is 0 Å². The molecule has 0 saturated heterocycles. The van der Waals surface area contributed by atoms with Crippen molar-refractivity contribution in [2.75, 3.05) is 11.4 Å². The smallest absolute Gasteiger partial charge is 0.296 e. The highest BCUT2D eigenvalue weighted by Gasteiger charge is 2.26. The van der Waals surface area contributed by atoms with Crippen molar-refractivity contribution in [3.8, 4) is 0 Å². The van der Waals surface area contributed by atoms with Crippen molar-refractivity contribution in [1.29, 1.82) is 0 Å². The first-order valence-corrected chi connectivity index (χ1v) is 12.2. The number of carbonyl (C=O) groups excluding carboxylic acids is 1. The highest BCUT2D eigenvalue weighted by molar-refractivity contribution is 7.90. The number of aromatic nitrogens is 1. The quantitative estimate of drug-likeness (QED) is 0.506. The Labute approximate surface area is 179 Å². The first kappa shape index (κ1) is 20.6. The lowest BCUT2D eigenvalue weighted by atomic mass is 10.0. The van der Waals surface area contributed by atoms with Gasteiger partial charge in [-0.05, 0) is 49.9 Å². The molecule has 4 rings (SSSR count).